The summed E-state index contributed by atoms with van der Waals surface area (Å²) >= 11 is 0. The van der Waals surface area contributed by atoms with Crippen molar-refractivity contribution < 1.29 is 23.0 Å². The number of amides is 1. The highest BCUT2D eigenvalue weighted by Crippen LogP contribution is 2.31. The number of carbonyl (C=O) groups excluding carboxylic acids is 1. The zero-order valence-corrected chi connectivity index (χ0v) is 17.6. The second-order valence-corrected chi connectivity index (χ2v) is 7.33. The van der Waals surface area contributed by atoms with Crippen LogP contribution in [0.4, 0.5) is 13.6 Å². The van der Waals surface area contributed by atoms with Crippen molar-refractivity contribution in [1.82, 2.24) is 25.5 Å². The minimum Gasteiger partial charge on any atom is -0.410 e. The van der Waals surface area contributed by atoms with Crippen molar-refractivity contribution in [2.24, 2.45) is 0 Å². The number of carbonyl (C=O) groups is 1. The highest BCUT2D eigenvalue weighted by Gasteiger charge is 2.17. The molecule has 31 heavy (non-hydrogen) atoms. The number of rotatable bonds is 7. The third-order valence-corrected chi connectivity index (χ3v) is 4.38. The number of hydrogen-bond acceptors (Lipinski definition) is 6. The first-order valence-corrected chi connectivity index (χ1v) is 9.65. The minimum atomic E-state index is -0.748. The van der Waals surface area contributed by atoms with Crippen LogP contribution < -0.4 is 10.1 Å². The summed E-state index contributed by atoms with van der Waals surface area (Å²) < 4.78 is 39.7. The van der Waals surface area contributed by atoms with Crippen LogP contribution in [0.5, 0.6) is 5.75 Å². The average Bonchev–Trinajstić information content (AvgIpc) is 3.18. The summed E-state index contributed by atoms with van der Waals surface area (Å²) in [4.78, 5) is 12.3. The van der Waals surface area contributed by atoms with Crippen LogP contribution in [-0.4, -0.2) is 46.1 Å². The van der Waals surface area contributed by atoms with E-state index in [4.69, 9.17) is 9.47 Å². The van der Waals surface area contributed by atoms with Crippen LogP contribution in [0.15, 0.2) is 36.4 Å². The Morgan fingerprint density at radius 3 is 2.61 bits per heavy atom. The second kappa shape index (κ2) is 9.61. The van der Waals surface area contributed by atoms with Crippen LogP contribution in [0.3, 0.4) is 0 Å². The molecule has 0 saturated carbocycles. The van der Waals surface area contributed by atoms with E-state index in [9.17, 15) is 13.6 Å². The van der Waals surface area contributed by atoms with E-state index >= 15 is 0 Å². The van der Waals surface area contributed by atoms with Gasteiger partial charge in [0.15, 0.2) is 5.82 Å². The van der Waals surface area contributed by atoms with Crippen molar-refractivity contribution >= 4 is 6.09 Å². The van der Waals surface area contributed by atoms with Gasteiger partial charge in [-0.15, -0.1) is 5.10 Å². The molecule has 1 N–H and O–H groups in total. The van der Waals surface area contributed by atoms with Gasteiger partial charge >= 0.3 is 6.09 Å². The fourth-order valence-electron chi connectivity index (χ4n) is 3.01. The van der Waals surface area contributed by atoms with Gasteiger partial charge in [-0.1, -0.05) is 13.8 Å². The van der Waals surface area contributed by atoms with Gasteiger partial charge in [0.1, 0.15) is 17.4 Å². The molecule has 0 saturated heterocycles. The Morgan fingerprint density at radius 1 is 1.16 bits per heavy atom. The first kappa shape index (κ1) is 22.3. The lowest BCUT2D eigenvalue weighted by Crippen LogP contribution is -2.37. The second-order valence-electron chi connectivity index (χ2n) is 7.33. The molecule has 0 radical (unpaired) electrons. The molecule has 0 fully saturated rings. The van der Waals surface area contributed by atoms with E-state index in [-0.39, 0.29) is 23.3 Å². The van der Waals surface area contributed by atoms with Gasteiger partial charge in [-0.2, -0.15) is 4.68 Å². The highest BCUT2D eigenvalue weighted by molar-refractivity contribution is 5.74. The molecule has 2 aromatic carbocycles. The van der Waals surface area contributed by atoms with Gasteiger partial charge in [-0.3, -0.25) is 0 Å². The van der Waals surface area contributed by atoms with Gasteiger partial charge in [-0.05, 0) is 47.2 Å². The summed E-state index contributed by atoms with van der Waals surface area (Å²) in [7, 11) is 1.52. The smallest absolute Gasteiger partial charge is 0.410 e. The molecule has 3 rings (SSSR count). The van der Waals surface area contributed by atoms with Crippen LogP contribution in [0.1, 0.15) is 32.5 Å². The van der Waals surface area contributed by atoms with Gasteiger partial charge < -0.3 is 14.8 Å². The van der Waals surface area contributed by atoms with Crippen molar-refractivity contribution in [2.75, 3.05) is 13.7 Å². The molecule has 8 nitrogen and oxygen atoms in total. The molecular weight excluding hydrogens is 408 g/mol. The first-order chi connectivity index (χ1) is 14.8. The predicted molar refractivity (Wildman–Crippen MR) is 109 cm³/mol. The molecule has 0 aliphatic carbocycles. The molecule has 0 aliphatic rings. The Kier molecular flexibility index (Phi) is 6.91. The number of nitrogens with zero attached hydrogens (tertiary/aromatic N) is 4. The summed E-state index contributed by atoms with van der Waals surface area (Å²) in [5, 5.41) is 14.4. The van der Waals surface area contributed by atoms with Crippen molar-refractivity contribution in [3.05, 3.63) is 53.9 Å². The maximum absolute atomic E-state index is 14.4. The molecule has 1 atom stereocenters. The van der Waals surface area contributed by atoms with Gasteiger partial charge in [0.25, 0.3) is 0 Å². The van der Waals surface area contributed by atoms with Crippen molar-refractivity contribution in [3.8, 4) is 22.6 Å². The first-order valence-electron chi connectivity index (χ1n) is 9.65. The SMILES string of the molecule is COCC(C)NC(=O)Oc1cc(-c2ccc(F)cc2F)cc(-n2nnnc2C(C)C)c1. The molecule has 164 valence electrons. The quantitative estimate of drug-likeness (QED) is 0.611. The van der Waals surface area contributed by atoms with Crippen LogP contribution in [0, 0.1) is 11.6 Å². The normalized spacial score (nSPS) is 12.1. The molecule has 0 bridgehead atoms. The van der Waals surface area contributed by atoms with E-state index in [1.54, 1.807) is 19.1 Å². The molecule has 1 heterocycles. The van der Waals surface area contributed by atoms with Crippen molar-refractivity contribution in [1.29, 1.82) is 0 Å². The van der Waals surface area contributed by atoms with E-state index in [0.717, 1.165) is 12.1 Å². The molecule has 0 spiro atoms. The third kappa shape index (κ3) is 5.40. The lowest BCUT2D eigenvalue weighted by molar-refractivity contribution is 0.159. The lowest BCUT2D eigenvalue weighted by atomic mass is 10.0. The number of tetrazole rings is 1. The number of halogens is 2. The van der Waals surface area contributed by atoms with Crippen LogP contribution >= 0.6 is 0 Å². The zero-order valence-electron chi connectivity index (χ0n) is 17.6. The van der Waals surface area contributed by atoms with Crippen molar-refractivity contribution in [3.63, 3.8) is 0 Å². The number of hydrogen-bond donors (Lipinski definition) is 1. The topological polar surface area (TPSA) is 91.2 Å². The van der Waals surface area contributed by atoms with E-state index in [1.165, 1.54) is 23.9 Å². The molecular formula is C21H23F2N5O3. The Labute approximate surface area is 178 Å². The summed E-state index contributed by atoms with van der Waals surface area (Å²) in [6.45, 7) is 5.92. The van der Waals surface area contributed by atoms with E-state index in [0.29, 0.717) is 23.7 Å². The fourth-order valence-corrected chi connectivity index (χ4v) is 3.01. The van der Waals surface area contributed by atoms with E-state index in [2.05, 4.69) is 20.8 Å². The maximum Gasteiger partial charge on any atom is 0.412 e. The Balaban J connectivity index is 2.04. The lowest BCUT2D eigenvalue weighted by Gasteiger charge is -2.15. The number of benzene rings is 2. The Hall–Kier alpha value is -3.40. The summed E-state index contributed by atoms with van der Waals surface area (Å²) in [6.07, 6.45) is -0.701. The molecule has 1 amide bonds. The van der Waals surface area contributed by atoms with Crippen LogP contribution in [0.2, 0.25) is 0 Å². The Morgan fingerprint density at radius 2 is 1.94 bits per heavy atom. The third-order valence-electron chi connectivity index (χ3n) is 4.38. The number of ether oxygens (including phenoxy) is 2. The summed E-state index contributed by atoms with van der Waals surface area (Å²) in [6, 6.07) is 7.67. The molecule has 1 unspecified atom stereocenters. The molecule has 3 aromatic rings. The predicted octanol–water partition coefficient (Wildman–Crippen LogP) is 3.85. The minimum absolute atomic E-state index is 0.00349. The van der Waals surface area contributed by atoms with Gasteiger partial charge in [-0.25, -0.2) is 13.6 Å². The van der Waals surface area contributed by atoms with E-state index < -0.39 is 17.7 Å². The summed E-state index contributed by atoms with van der Waals surface area (Å²) in [5.41, 5.74) is 0.969. The van der Waals surface area contributed by atoms with Gasteiger partial charge in [0.05, 0.1) is 18.3 Å². The van der Waals surface area contributed by atoms with Crippen molar-refractivity contribution in [2.45, 2.75) is 32.7 Å². The molecule has 10 heteroatoms. The highest BCUT2D eigenvalue weighted by atomic mass is 19.1. The van der Waals surface area contributed by atoms with E-state index in [1.807, 2.05) is 13.8 Å². The average molecular weight is 431 g/mol. The van der Waals surface area contributed by atoms with Crippen LogP contribution in [-0.2, 0) is 4.74 Å². The monoisotopic (exact) mass is 431 g/mol. The zero-order chi connectivity index (χ0) is 22.5. The molecule has 1 aromatic heterocycles. The number of aromatic nitrogens is 4. The number of nitrogens with one attached hydrogen (secondary N) is 1. The fraction of sp³-hybridized carbons (Fsp3) is 0.333. The largest absolute Gasteiger partial charge is 0.412 e. The Bertz CT molecular complexity index is 1070. The van der Waals surface area contributed by atoms with Gasteiger partial charge in [0.2, 0.25) is 0 Å². The number of methoxy groups -OCH3 is 1. The summed E-state index contributed by atoms with van der Waals surface area (Å²) in [5.74, 6) is -0.724. The van der Waals surface area contributed by atoms with Crippen LogP contribution in [0.25, 0.3) is 16.8 Å². The standard InChI is InChI=1S/C21H23F2N5O3/c1-12(2)20-25-26-27-28(20)16-7-14(18-6-5-15(22)9-19(18)23)8-17(10-16)31-21(29)24-13(3)11-30-4/h5-10,12-13H,11H2,1-4H3,(H,24,29). The molecule has 0 aliphatic heterocycles. The van der Waals surface area contributed by atoms with Gasteiger partial charge in [0, 0.05) is 30.7 Å². The maximum atomic E-state index is 14.4.